The van der Waals surface area contributed by atoms with Gasteiger partial charge in [0.25, 0.3) is 0 Å². The van der Waals surface area contributed by atoms with Crippen molar-refractivity contribution in [3.8, 4) is 0 Å². The lowest BCUT2D eigenvalue weighted by atomic mass is 9.82. The van der Waals surface area contributed by atoms with Crippen LogP contribution in [0.5, 0.6) is 0 Å². The molecule has 0 bridgehead atoms. The Bertz CT molecular complexity index is 572. The Hall–Kier alpha value is -1.69. The number of benzene rings is 1. The monoisotopic (exact) mass is 326 g/mol. The van der Waals surface area contributed by atoms with E-state index in [2.05, 4.69) is 5.32 Å². The van der Waals surface area contributed by atoms with E-state index in [1.807, 2.05) is 20.8 Å². The highest BCUT2D eigenvalue weighted by molar-refractivity contribution is 5.75. The van der Waals surface area contributed by atoms with Crippen molar-refractivity contribution in [1.82, 2.24) is 10.2 Å². The van der Waals surface area contributed by atoms with Gasteiger partial charge in [0.1, 0.15) is 11.6 Å². The first-order valence-electron chi connectivity index (χ1n) is 7.87. The van der Waals surface area contributed by atoms with E-state index in [0.29, 0.717) is 13.0 Å². The van der Waals surface area contributed by atoms with Gasteiger partial charge in [0, 0.05) is 24.7 Å². The average Bonchev–Trinajstić information content (AvgIpc) is 2.44. The Morgan fingerprint density at radius 1 is 1.39 bits per heavy atom. The summed E-state index contributed by atoms with van der Waals surface area (Å²) in [6, 6.07) is 2.44. The van der Waals surface area contributed by atoms with E-state index >= 15 is 0 Å². The highest BCUT2D eigenvalue weighted by atomic mass is 19.1. The van der Waals surface area contributed by atoms with Gasteiger partial charge in [-0.2, -0.15) is 0 Å². The molecule has 2 atom stereocenters. The van der Waals surface area contributed by atoms with Gasteiger partial charge < -0.3 is 15.3 Å². The predicted molar refractivity (Wildman–Crippen MR) is 83.9 cm³/mol. The molecule has 0 aromatic heterocycles. The predicted octanol–water partition coefficient (Wildman–Crippen LogP) is 3.22. The third-order valence-electron chi connectivity index (χ3n) is 4.09. The second kappa shape index (κ2) is 6.83. The van der Waals surface area contributed by atoms with Crippen LogP contribution in [0.4, 0.5) is 13.6 Å². The lowest BCUT2D eigenvalue weighted by molar-refractivity contribution is 0.0812. The van der Waals surface area contributed by atoms with Gasteiger partial charge in [-0.15, -0.1) is 0 Å². The van der Waals surface area contributed by atoms with Crippen molar-refractivity contribution < 1.29 is 18.7 Å². The van der Waals surface area contributed by atoms with Crippen LogP contribution in [-0.2, 0) is 0 Å². The molecule has 1 aliphatic heterocycles. The van der Waals surface area contributed by atoms with Crippen LogP contribution in [0.1, 0.15) is 45.2 Å². The summed E-state index contributed by atoms with van der Waals surface area (Å²) in [6.07, 6.45) is 0.892. The van der Waals surface area contributed by atoms with E-state index in [0.717, 1.165) is 12.5 Å². The van der Waals surface area contributed by atoms with Crippen LogP contribution in [0.2, 0.25) is 0 Å². The number of halogens is 2. The number of nitrogens with one attached hydrogen (secondary N) is 1. The summed E-state index contributed by atoms with van der Waals surface area (Å²) in [4.78, 5) is 14.0. The molecule has 23 heavy (non-hydrogen) atoms. The number of nitrogens with zero attached hydrogens (tertiary/aromatic N) is 1. The molecule has 2 amide bonds. The van der Waals surface area contributed by atoms with Crippen LogP contribution < -0.4 is 5.32 Å². The van der Waals surface area contributed by atoms with Gasteiger partial charge in [-0.3, -0.25) is 0 Å². The van der Waals surface area contributed by atoms with Crippen LogP contribution in [0, 0.1) is 17.0 Å². The molecule has 1 aliphatic rings. The van der Waals surface area contributed by atoms with Gasteiger partial charge in [0.05, 0.1) is 12.1 Å². The zero-order chi connectivity index (χ0) is 17.2. The van der Waals surface area contributed by atoms with Crippen LogP contribution in [0.3, 0.4) is 0 Å². The minimum Gasteiger partial charge on any atom is -0.391 e. The maximum Gasteiger partial charge on any atom is 0.317 e. The van der Waals surface area contributed by atoms with Crippen molar-refractivity contribution in [1.29, 1.82) is 0 Å². The first-order valence-corrected chi connectivity index (χ1v) is 7.87. The first kappa shape index (κ1) is 17.7. The second-order valence-corrected chi connectivity index (χ2v) is 7.16. The number of aliphatic hydroxyl groups is 1. The molecule has 0 spiro atoms. The minimum atomic E-state index is -0.677. The Morgan fingerprint density at radius 3 is 2.65 bits per heavy atom. The molecule has 1 heterocycles. The number of β-amino-alcohol motifs (C(OH)–C–C–N with tert-alkyl or cyclic N) is 1. The third kappa shape index (κ3) is 4.41. The molecule has 1 saturated heterocycles. The normalized spacial score (nSPS) is 20.3. The molecular weight excluding hydrogens is 302 g/mol. The molecular formula is C17H24F2N2O2. The smallest absolute Gasteiger partial charge is 0.317 e. The minimum absolute atomic E-state index is 0.254. The molecule has 0 saturated carbocycles. The molecule has 0 radical (unpaired) electrons. The number of aliphatic hydroxyl groups excluding tert-OH is 1. The zero-order valence-electron chi connectivity index (χ0n) is 13.8. The van der Waals surface area contributed by atoms with Gasteiger partial charge in [0.2, 0.25) is 0 Å². The third-order valence-corrected chi connectivity index (χ3v) is 4.09. The number of urea groups is 1. The Balaban J connectivity index is 2.21. The van der Waals surface area contributed by atoms with Gasteiger partial charge >= 0.3 is 6.03 Å². The number of rotatable bonds is 2. The molecule has 1 aromatic rings. The fourth-order valence-corrected chi connectivity index (χ4v) is 2.85. The quantitative estimate of drug-likeness (QED) is 0.877. The number of hydrogen-bond donors (Lipinski definition) is 2. The van der Waals surface area contributed by atoms with Crippen molar-refractivity contribution in [3.63, 3.8) is 0 Å². The number of piperidine rings is 1. The first-order chi connectivity index (χ1) is 10.7. The lowest BCUT2D eigenvalue weighted by Crippen LogP contribution is -2.49. The van der Waals surface area contributed by atoms with Gasteiger partial charge in [-0.05, 0) is 24.3 Å². The van der Waals surface area contributed by atoms with E-state index in [1.165, 1.54) is 17.0 Å². The van der Waals surface area contributed by atoms with E-state index in [9.17, 15) is 18.7 Å². The molecule has 6 heteroatoms. The summed E-state index contributed by atoms with van der Waals surface area (Å²) < 4.78 is 27.3. The van der Waals surface area contributed by atoms with Crippen molar-refractivity contribution in [2.45, 2.75) is 45.8 Å². The van der Waals surface area contributed by atoms with E-state index in [-0.39, 0.29) is 18.1 Å². The van der Waals surface area contributed by atoms with Crippen molar-refractivity contribution in [3.05, 3.63) is 35.4 Å². The molecule has 2 rings (SSSR count). The van der Waals surface area contributed by atoms with E-state index < -0.39 is 29.2 Å². The molecule has 0 aliphatic carbocycles. The number of carbonyl (C=O) groups excluding carboxylic acids is 1. The topological polar surface area (TPSA) is 52.6 Å². The molecule has 2 N–H and O–H groups in total. The number of hydrogen-bond acceptors (Lipinski definition) is 2. The Morgan fingerprint density at radius 2 is 2.09 bits per heavy atom. The standard InChI is InChI=1S/C17H24F2N2O2/c1-17(2,3)15(13-7-6-11(18)9-14(13)19)20-16(23)21-8-4-5-12(22)10-21/h6-7,9,12,15,22H,4-5,8,10H2,1-3H3,(H,20,23). The van der Waals surface area contributed by atoms with E-state index in [4.69, 9.17) is 0 Å². The largest absolute Gasteiger partial charge is 0.391 e. The summed E-state index contributed by atoms with van der Waals surface area (Å²) in [5, 5.41) is 12.5. The number of amides is 2. The summed E-state index contributed by atoms with van der Waals surface area (Å²) in [6.45, 7) is 6.48. The summed E-state index contributed by atoms with van der Waals surface area (Å²) in [7, 11) is 0. The van der Waals surface area contributed by atoms with Crippen LogP contribution in [0.25, 0.3) is 0 Å². The Kier molecular flexibility index (Phi) is 5.24. The molecule has 1 fully saturated rings. The average molecular weight is 326 g/mol. The Labute approximate surface area is 135 Å². The maximum atomic E-state index is 14.1. The molecule has 1 aromatic carbocycles. The van der Waals surface area contributed by atoms with Crippen molar-refractivity contribution in [2.75, 3.05) is 13.1 Å². The summed E-state index contributed by atoms with van der Waals surface area (Å²) in [5.74, 6) is -1.33. The van der Waals surface area contributed by atoms with Gasteiger partial charge in [0.15, 0.2) is 0 Å². The number of carbonyl (C=O) groups is 1. The highest BCUT2D eigenvalue weighted by Gasteiger charge is 2.32. The molecule has 2 unspecified atom stereocenters. The zero-order valence-corrected chi connectivity index (χ0v) is 13.8. The van der Waals surface area contributed by atoms with Crippen LogP contribution in [-0.4, -0.2) is 35.2 Å². The molecule has 128 valence electrons. The van der Waals surface area contributed by atoms with E-state index in [1.54, 1.807) is 0 Å². The van der Waals surface area contributed by atoms with Crippen molar-refractivity contribution >= 4 is 6.03 Å². The fraction of sp³-hybridized carbons (Fsp3) is 0.588. The SMILES string of the molecule is CC(C)(C)C(NC(=O)N1CCCC(O)C1)c1ccc(F)cc1F. The van der Waals surface area contributed by atoms with Crippen LogP contribution in [0.15, 0.2) is 18.2 Å². The van der Waals surface area contributed by atoms with Gasteiger partial charge in [-0.25, -0.2) is 13.6 Å². The van der Waals surface area contributed by atoms with Crippen molar-refractivity contribution in [2.24, 2.45) is 5.41 Å². The number of likely N-dealkylation sites (tertiary alicyclic amines) is 1. The maximum absolute atomic E-state index is 14.1. The summed E-state index contributed by atoms with van der Waals surface area (Å²) >= 11 is 0. The van der Waals surface area contributed by atoms with Gasteiger partial charge in [-0.1, -0.05) is 26.8 Å². The van der Waals surface area contributed by atoms with Crippen LogP contribution >= 0.6 is 0 Å². The second-order valence-electron chi connectivity index (χ2n) is 7.16. The molecule has 4 nitrogen and oxygen atoms in total. The lowest BCUT2D eigenvalue weighted by Gasteiger charge is -2.36. The highest BCUT2D eigenvalue weighted by Crippen LogP contribution is 2.34. The summed E-state index contributed by atoms with van der Waals surface area (Å²) in [5.41, 5.74) is -0.201. The fourth-order valence-electron chi connectivity index (χ4n) is 2.85.